The van der Waals surface area contributed by atoms with Gasteiger partial charge in [-0.2, -0.15) is 0 Å². The first-order valence-electron chi connectivity index (χ1n) is 10.2. The van der Waals surface area contributed by atoms with Gasteiger partial charge in [-0.25, -0.2) is 17.9 Å². The molecule has 2 amide bonds. The molecule has 0 saturated carbocycles. The van der Waals surface area contributed by atoms with E-state index in [1.165, 1.54) is 33.6 Å². The molecule has 6 nitrogen and oxygen atoms in total. The zero-order valence-corrected chi connectivity index (χ0v) is 18.1. The highest BCUT2D eigenvalue weighted by Crippen LogP contribution is 2.38. The van der Waals surface area contributed by atoms with Crippen LogP contribution in [0.4, 0.5) is 10.5 Å². The molecule has 2 aliphatic carbocycles. The van der Waals surface area contributed by atoms with Crippen molar-refractivity contribution >= 4 is 33.1 Å². The maximum Gasteiger partial charge on any atom is 0.333 e. The van der Waals surface area contributed by atoms with Crippen molar-refractivity contribution in [3.8, 4) is 0 Å². The van der Waals surface area contributed by atoms with Gasteiger partial charge in [-0.15, -0.1) is 11.3 Å². The molecule has 2 aromatic rings. The lowest BCUT2D eigenvalue weighted by atomic mass is 9.99. The summed E-state index contributed by atoms with van der Waals surface area (Å²) in [5.74, 6) is 0. The lowest BCUT2D eigenvalue weighted by molar-refractivity contribution is 0.256. The van der Waals surface area contributed by atoms with Gasteiger partial charge in [0.05, 0.1) is 0 Å². The SMILES string of the molecule is CN1CCc2sc(S(=O)(=O)NC(=O)Nc3c4c(cc5c3CCC5)CCC4)cc2C1. The number of carbonyl (C=O) groups excluding carboxylic acids is 1. The van der Waals surface area contributed by atoms with Crippen molar-refractivity contribution in [1.82, 2.24) is 9.62 Å². The van der Waals surface area contributed by atoms with Crippen molar-refractivity contribution in [1.29, 1.82) is 0 Å². The molecular formula is C21H25N3O3S2. The summed E-state index contributed by atoms with van der Waals surface area (Å²) < 4.78 is 28.1. The standard InChI is InChI=1S/C21H25N3O3S2/c1-24-9-8-18-15(12-24)11-19(28-18)29(26,27)23-21(25)22-20-16-6-2-4-13(16)10-14-5-3-7-17(14)20/h10-11H,2-9,12H2,1H3,(H2,22,23,25). The highest BCUT2D eigenvalue weighted by molar-refractivity contribution is 7.92. The molecule has 0 saturated heterocycles. The Morgan fingerprint density at radius 2 is 1.69 bits per heavy atom. The summed E-state index contributed by atoms with van der Waals surface area (Å²) in [5.41, 5.74) is 6.88. The van der Waals surface area contributed by atoms with Crippen molar-refractivity contribution in [2.45, 2.75) is 55.7 Å². The number of nitrogens with zero attached hydrogens (tertiary/aromatic N) is 1. The van der Waals surface area contributed by atoms with Crippen LogP contribution in [-0.4, -0.2) is 32.9 Å². The number of nitrogens with one attached hydrogen (secondary N) is 2. The highest BCUT2D eigenvalue weighted by atomic mass is 32.2. The summed E-state index contributed by atoms with van der Waals surface area (Å²) in [6.45, 7) is 1.67. The molecule has 8 heteroatoms. The minimum atomic E-state index is -3.88. The van der Waals surface area contributed by atoms with E-state index in [-0.39, 0.29) is 4.21 Å². The van der Waals surface area contributed by atoms with E-state index < -0.39 is 16.1 Å². The maximum absolute atomic E-state index is 12.8. The van der Waals surface area contributed by atoms with E-state index >= 15 is 0 Å². The van der Waals surface area contributed by atoms with Crippen LogP contribution < -0.4 is 10.0 Å². The number of hydrogen-bond donors (Lipinski definition) is 2. The fourth-order valence-electron chi connectivity index (χ4n) is 4.86. The zero-order valence-electron chi connectivity index (χ0n) is 16.5. The third-order valence-electron chi connectivity index (χ3n) is 6.24. The second-order valence-electron chi connectivity index (χ2n) is 8.30. The Kier molecular flexibility index (Phi) is 4.68. The predicted molar refractivity (Wildman–Crippen MR) is 114 cm³/mol. The Labute approximate surface area is 175 Å². The van der Waals surface area contributed by atoms with Crippen molar-refractivity contribution in [3.05, 3.63) is 44.8 Å². The largest absolute Gasteiger partial charge is 0.333 e. The Morgan fingerprint density at radius 1 is 1.00 bits per heavy atom. The first-order chi connectivity index (χ1) is 13.9. The molecular weight excluding hydrogens is 406 g/mol. The van der Waals surface area contributed by atoms with Crippen LogP contribution in [0, 0.1) is 0 Å². The van der Waals surface area contributed by atoms with Gasteiger partial charge in [0.2, 0.25) is 0 Å². The Morgan fingerprint density at radius 3 is 2.38 bits per heavy atom. The lowest BCUT2D eigenvalue weighted by Crippen LogP contribution is -2.34. The second-order valence-corrected chi connectivity index (χ2v) is 11.3. The van der Waals surface area contributed by atoms with E-state index in [1.807, 2.05) is 7.05 Å². The van der Waals surface area contributed by atoms with Gasteiger partial charge < -0.3 is 10.2 Å². The number of aryl methyl sites for hydroxylation is 2. The number of sulfonamides is 1. The molecule has 2 N–H and O–H groups in total. The smallest absolute Gasteiger partial charge is 0.307 e. The number of hydrogen-bond acceptors (Lipinski definition) is 5. The quantitative estimate of drug-likeness (QED) is 0.782. The molecule has 1 aliphatic heterocycles. The third-order valence-corrected chi connectivity index (χ3v) is 9.28. The number of benzene rings is 1. The van der Waals surface area contributed by atoms with Crippen LogP contribution in [0.3, 0.4) is 0 Å². The topological polar surface area (TPSA) is 78.5 Å². The van der Waals surface area contributed by atoms with Gasteiger partial charge in [0, 0.05) is 23.7 Å². The number of thiophene rings is 1. The van der Waals surface area contributed by atoms with Crippen LogP contribution in [0.5, 0.6) is 0 Å². The van der Waals surface area contributed by atoms with Gasteiger partial charge in [0.1, 0.15) is 4.21 Å². The van der Waals surface area contributed by atoms with Crippen molar-refractivity contribution in [2.75, 3.05) is 18.9 Å². The van der Waals surface area contributed by atoms with Crippen LogP contribution in [-0.2, 0) is 48.7 Å². The van der Waals surface area contributed by atoms with Crippen molar-refractivity contribution in [3.63, 3.8) is 0 Å². The molecule has 0 radical (unpaired) electrons. The first kappa shape index (κ1) is 19.1. The minimum Gasteiger partial charge on any atom is -0.307 e. The molecule has 1 aromatic carbocycles. The molecule has 1 aromatic heterocycles. The number of carbonyl (C=O) groups is 1. The summed E-state index contributed by atoms with van der Waals surface area (Å²) in [6.07, 6.45) is 6.97. The number of rotatable bonds is 3. The molecule has 3 aliphatic rings. The third kappa shape index (κ3) is 3.47. The summed E-state index contributed by atoms with van der Waals surface area (Å²) in [5, 5.41) is 2.90. The molecule has 154 valence electrons. The van der Waals surface area contributed by atoms with E-state index in [9.17, 15) is 13.2 Å². The molecule has 2 heterocycles. The minimum absolute atomic E-state index is 0.219. The average molecular weight is 432 g/mol. The average Bonchev–Trinajstić information content (AvgIpc) is 3.39. The van der Waals surface area contributed by atoms with Crippen LogP contribution in [0.15, 0.2) is 16.3 Å². The number of likely N-dealkylation sites (N-methyl/N-ethyl adjacent to an activating group) is 1. The second kappa shape index (κ2) is 7.11. The molecule has 29 heavy (non-hydrogen) atoms. The maximum atomic E-state index is 12.8. The van der Waals surface area contributed by atoms with Gasteiger partial charge in [-0.3, -0.25) is 0 Å². The fraction of sp³-hybridized carbons (Fsp3) is 0.476. The van der Waals surface area contributed by atoms with Gasteiger partial charge >= 0.3 is 6.03 Å². The normalized spacial score (nSPS) is 18.2. The first-order valence-corrected chi connectivity index (χ1v) is 12.5. The van der Waals surface area contributed by atoms with Crippen LogP contribution >= 0.6 is 11.3 Å². The Balaban J connectivity index is 1.38. The molecule has 0 spiro atoms. The number of amides is 2. The fourth-order valence-corrected chi connectivity index (χ4v) is 7.31. The highest BCUT2D eigenvalue weighted by Gasteiger charge is 2.28. The lowest BCUT2D eigenvalue weighted by Gasteiger charge is -2.21. The molecule has 0 bridgehead atoms. The molecule has 0 atom stereocenters. The van der Waals surface area contributed by atoms with Crippen LogP contribution in [0.2, 0.25) is 0 Å². The molecule has 5 rings (SSSR count). The number of urea groups is 1. The van der Waals surface area contributed by atoms with E-state index in [0.29, 0.717) is 0 Å². The summed E-state index contributed by atoms with van der Waals surface area (Å²) in [4.78, 5) is 16.0. The molecule has 0 fully saturated rings. The monoisotopic (exact) mass is 431 g/mol. The van der Waals surface area contributed by atoms with Crippen LogP contribution in [0.1, 0.15) is 45.5 Å². The number of fused-ring (bicyclic) bond motifs is 3. The van der Waals surface area contributed by atoms with Crippen molar-refractivity contribution in [2.24, 2.45) is 0 Å². The van der Waals surface area contributed by atoms with Gasteiger partial charge in [0.25, 0.3) is 10.0 Å². The summed E-state index contributed by atoms with van der Waals surface area (Å²) in [7, 11) is -1.86. The summed E-state index contributed by atoms with van der Waals surface area (Å²) in [6, 6.07) is 3.34. The van der Waals surface area contributed by atoms with E-state index in [0.717, 1.165) is 74.2 Å². The van der Waals surface area contributed by atoms with E-state index in [2.05, 4.69) is 21.0 Å². The Hall–Kier alpha value is -1.90. The van der Waals surface area contributed by atoms with Gasteiger partial charge in [-0.05, 0) is 85.9 Å². The van der Waals surface area contributed by atoms with Crippen molar-refractivity contribution < 1.29 is 13.2 Å². The number of anilines is 1. The van der Waals surface area contributed by atoms with E-state index in [1.54, 1.807) is 6.07 Å². The molecule has 0 unspecified atom stereocenters. The van der Waals surface area contributed by atoms with Gasteiger partial charge in [-0.1, -0.05) is 6.07 Å². The van der Waals surface area contributed by atoms with E-state index in [4.69, 9.17) is 0 Å². The summed E-state index contributed by atoms with van der Waals surface area (Å²) >= 11 is 1.28. The Bertz CT molecular complexity index is 1070. The van der Waals surface area contributed by atoms with Gasteiger partial charge in [0.15, 0.2) is 0 Å². The predicted octanol–water partition coefficient (Wildman–Crippen LogP) is 3.22. The zero-order chi connectivity index (χ0) is 20.2. The van der Waals surface area contributed by atoms with Crippen LogP contribution in [0.25, 0.3) is 0 Å².